The summed E-state index contributed by atoms with van der Waals surface area (Å²) < 4.78 is 0.601. The van der Waals surface area contributed by atoms with Gasteiger partial charge < -0.3 is 4.98 Å². The average Bonchev–Trinajstić information content (AvgIpc) is 2.64. The van der Waals surface area contributed by atoms with Crippen molar-refractivity contribution >= 4 is 29.2 Å². The highest BCUT2D eigenvalue weighted by Crippen LogP contribution is 2.27. The van der Waals surface area contributed by atoms with E-state index in [0.717, 1.165) is 10.9 Å². The lowest BCUT2D eigenvalue weighted by Crippen LogP contribution is -2.09. The highest BCUT2D eigenvalue weighted by molar-refractivity contribution is 7.19. The maximum absolute atomic E-state index is 11.2. The minimum Gasteiger partial charge on any atom is -0.306 e. The summed E-state index contributed by atoms with van der Waals surface area (Å²) in [4.78, 5) is 28.9. The molecule has 0 amide bonds. The van der Waals surface area contributed by atoms with Gasteiger partial charge >= 0.3 is 0 Å². The fourth-order valence-electron chi connectivity index (χ4n) is 1.10. The Morgan fingerprint density at radius 1 is 1.47 bits per heavy atom. The van der Waals surface area contributed by atoms with Crippen molar-refractivity contribution in [2.24, 2.45) is 0 Å². The van der Waals surface area contributed by atoms with E-state index in [4.69, 9.17) is 11.6 Å². The average molecular weight is 241 g/mol. The van der Waals surface area contributed by atoms with E-state index in [1.807, 2.05) is 0 Å². The molecular weight excluding hydrogens is 236 g/mol. The zero-order valence-corrected chi connectivity index (χ0v) is 8.93. The predicted molar refractivity (Wildman–Crippen MR) is 58.6 cm³/mol. The van der Waals surface area contributed by atoms with E-state index in [2.05, 4.69) is 9.97 Å². The summed E-state index contributed by atoms with van der Waals surface area (Å²) in [5, 5.41) is 0. The highest BCUT2D eigenvalue weighted by Gasteiger charge is 2.05. The van der Waals surface area contributed by atoms with Crippen LogP contribution in [0.25, 0.3) is 10.7 Å². The van der Waals surface area contributed by atoms with E-state index in [0.29, 0.717) is 16.4 Å². The van der Waals surface area contributed by atoms with Crippen LogP contribution in [0, 0.1) is 0 Å². The van der Waals surface area contributed by atoms with Crippen LogP contribution in [0.1, 0.15) is 10.5 Å². The lowest BCUT2D eigenvalue weighted by Gasteiger charge is -1.96. The molecule has 15 heavy (non-hydrogen) atoms. The first-order valence-electron chi connectivity index (χ1n) is 4.01. The predicted octanol–water partition coefficient (Wildman–Crippen LogP) is 1.96. The Morgan fingerprint density at radius 3 is 2.87 bits per heavy atom. The normalized spacial score (nSPS) is 10.2. The number of H-pyrrole nitrogens is 1. The van der Waals surface area contributed by atoms with Gasteiger partial charge in [-0.2, -0.15) is 0 Å². The number of aromatic amines is 1. The number of hydrogen-bond acceptors (Lipinski definition) is 4. The van der Waals surface area contributed by atoms with Crippen LogP contribution in [0.15, 0.2) is 23.0 Å². The second-order valence-corrected chi connectivity index (χ2v) is 4.46. The van der Waals surface area contributed by atoms with Gasteiger partial charge in [-0.05, 0) is 12.1 Å². The van der Waals surface area contributed by atoms with Gasteiger partial charge in [0.25, 0.3) is 5.56 Å². The number of carbonyl (C=O) groups excluding carboxylic acids is 1. The molecule has 0 aliphatic carbocycles. The molecule has 2 rings (SSSR count). The lowest BCUT2D eigenvalue weighted by atomic mass is 10.4. The fourth-order valence-corrected chi connectivity index (χ4v) is 2.08. The van der Waals surface area contributed by atoms with Gasteiger partial charge in [0.15, 0.2) is 12.1 Å². The van der Waals surface area contributed by atoms with Crippen LogP contribution >= 0.6 is 22.9 Å². The van der Waals surface area contributed by atoms with Gasteiger partial charge in [0.05, 0.1) is 9.21 Å². The van der Waals surface area contributed by atoms with Crippen LogP contribution in [0.5, 0.6) is 0 Å². The highest BCUT2D eigenvalue weighted by atomic mass is 35.5. The Bertz CT molecular complexity index is 561. The zero-order valence-electron chi connectivity index (χ0n) is 7.36. The SMILES string of the molecule is O=Cc1cc(=O)[nH]c(-c2ccc(Cl)s2)n1. The van der Waals surface area contributed by atoms with E-state index >= 15 is 0 Å². The first kappa shape index (κ1) is 10.1. The molecule has 76 valence electrons. The summed E-state index contributed by atoms with van der Waals surface area (Å²) in [6, 6.07) is 4.58. The molecule has 0 radical (unpaired) electrons. The lowest BCUT2D eigenvalue weighted by molar-refractivity contribution is 0.111. The van der Waals surface area contributed by atoms with Crippen molar-refractivity contribution in [3.8, 4) is 10.7 Å². The molecule has 1 N–H and O–H groups in total. The molecule has 2 aromatic heterocycles. The van der Waals surface area contributed by atoms with E-state index in [1.165, 1.54) is 11.3 Å². The van der Waals surface area contributed by atoms with E-state index in [9.17, 15) is 9.59 Å². The Morgan fingerprint density at radius 2 is 2.27 bits per heavy atom. The molecule has 6 heteroatoms. The quantitative estimate of drug-likeness (QED) is 0.817. The Balaban J connectivity index is 2.57. The molecule has 0 fully saturated rings. The minimum absolute atomic E-state index is 0.110. The summed E-state index contributed by atoms with van der Waals surface area (Å²) >= 11 is 7.04. The van der Waals surface area contributed by atoms with E-state index < -0.39 is 0 Å². The molecule has 0 saturated carbocycles. The molecule has 0 aliphatic heterocycles. The third kappa shape index (κ3) is 2.14. The third-order valence-electron chi connectivity index (χ3n) is 1.69. The molecule has 0 aliphatic rings. The maximum atomic E-state index is 11.2. The topological polar surface area (TPSA) is 62.8 Å². The number of nitrogens with one attached hydrogen (secondary N) is 1. The van der Waals surface area contributed by atoms with Gasteiger partial charge in [-0.1, -0.05) is 11.6 Å². The van der Waals surface area contributed by atoms with Gasteiger partial charge in [-0.15, -0.1) is 11.3 Å². The Hall–Kier alpha value is -1.46. The number of nitrogens with zero attached hydrogens (tertiary/aromatic N) is 1. The van der Waals surface area contributed by atoms with Crippen molar-refractivity contribution in [3.05, 3.63) is 38.6 Å². The Labute approximate surface area is 93.6 Å². The minimum atomic E-state index is -0.355. The first-order valence-corrected chi connectivity index (χ1v) is 5.21. The molecule has 0 aromatic carbocycles. The van der Waals surface area contributed by atoms with Gasteiger partial charge in [-0.3, -0.25) is 9.59 Å². The number of aromatic nitrogens is 2. The van der Waals surface area contributed by atoms with E-state index in [-0.39, 0.29) is 11.3 Å². The van der Waals surface area contributed by atoms with Crippen LogP contribution in [0.3, 0.4) is 0 Å². The molecule has 4 nitrogen and oxygen atoms in total. The van der Waals surface area contributed by atoms with Crippen molar-refractivity contribution < 1.29 is 4.79 Å². The molecule has 0 spiro atoms. The van der Waals surface area contributed by atoms with Crippen molar-refractivity contribution in [3.63, 3.8) is 0 Å². The number of carbonyl (C=O) groups is 1. The largest absolute Gasteiger partial charge is 0.306 e. The number of thiophene rings is 1. The number of rotatable bonds is 2. The van der Waals surface area contributed by atoms with Crippen molar-refractivity contribution in [1.82, 2.24) is 9.97 Å². The molecule has 0 bridgehead atoms. The second kappa shape index (κ2) is 3.96. The molecule has 2 aromatic rings. The number of halogens is 1. The maximum Gasteiger partial charge on any atom is 0.251 e. The smallest absolute Gasteiger partial charge is 0.251 e. The molecule has 0 atom stereocenters. The second-order valence-electron chi connectivity index (χ2n) is 2.74. The summed E-state index contributed by atoms with van der Waals surface area (Å²) in [6.45, 7) is 0. The van der Waals surface area contributed by atoms with Crippen LogP contribution in [-0.2, 0) is 0 Å². The molecule has 0 saturated heterocycles. The van der Waals surface area contributed by atoms with Crippen molar-refractivity contribution in [2.75, 3.05) is 0 Å². The van der Waals surface area contributed by atoms with E-state index in [1.54, 1.807) is 12.1 Å². The van der Waals surface area contributed by atoms with Crippen LogP contribution in [0.4, 0.5) is 0 Å². The number of hydrogen-bond donors (Lipinski definition) is 1. The molecule has 0 unspecified atom stereocenters. The van der Waals surface area contributed by atoms with Crippen LogP contribution in [0.2, 0.25) is 4.34 Å². The van der Waals surface area contributed by atoms with Gasteiger partial charge in [0.2, 0.25) is 0 Å². The third-order valence-corrected chi connectivity index (χ3v) is 2.93. The van der Waals surface area contributed by atoms with Crippen molar-refractivity contribution in [1.29, 1.82) is 0 Å². The first-order chi connectivity index (χ1) is 7.19. The Kier molecular flexibility index (Phi) is 2.66. The van der Waals surface area contributed by atoms with Crippen molar-refractivity contribution in [2.45, 2.75) is 0 Å². The summed E-state index contributed by atoms with van der Waals surface area (Å²) in [5.41, 5.74) is -0.245. The summed E-state index contributed by atoms with van der Waals surface area (Å²) in [7, 11) is 0. The standard InChI is InChI=1S/C9H5ClN2O2S/c10-7-2-1-6(15-7)9-11-5(4-13)3-8(14)12-9/h1-4H,(H,11,12,14). The number of aldehydes is 1. The summed E-state index contributed by atoms with van der Waals surface area (Å²) in [6.07, 6.45) is 0.536. The van der Waals surface area contributed by atoms with Gasteiger partial charge in [0, 0.05) is 6.07 Å². The fraction of sp³-hybridized carbons (Fsp3) is 0. The van der Waals surface area contributed by atoms with Gasteiger partial charge in [-0.25, -0.2) is 4.98 Å². The van der Waals surface area contributed by atoms with Gasteiger partial charge in [0.1, 0.15) is 5.69 Å². The van der Waals surface area contributed by atoms with Crippen LogP contribution < -0.4 is 5.56 Å². The molecular formula is C9H5ClN2O2S. The zero-order chi connectivity index (χ0) is 10.8. The summed E-state index contributed by atoms with van der Waals surface area (Å²) in [5.74, 6) is 0.363. The molecule has 2 heterocycles. The monoisotopic (exact) mass is 240 g/mol. The van der Waals surface area contributed by atoms with Crippen LogP contribution in [-0.4, -0.2) is 16.3 Å².